The summed E-state index contributed by atoms with van der Waals surface area (Å²) in [5.41, 5.74) is 10.1. The fraction of sp³-hybridized carbons (Fsp3) is 0.622. The molecule has 3 heterocycles. The number of alkyl halides is 1. The number of hydrogen-bond acceptors (Lipinski definition) is 20. The molecule has 0 radical (unpaired) electrons. The SMILES string of the molecule is Br.CC(C)(C)OC(=O)NCC1Cc2cc(Br)cnc2NC1=O.CC(C)(C)OC(=O)OC(=O)OC(C)(C)C.CCOC(=O)CCN.CCOC(=O)CCNC(=O)OC(C)(C)C.Cl.Nc1ncc(Br)cc1CBr.S=S=S=S. The topological polar surface area (TPSA) is 298 Å². The second-order valence-electron chi connectivity index (χ2n) is 18.3. The first kappa shape index (κ1) is 80.7. The lowest BCUT2D eigenvalue weighted by molar-refractivity contribution is -0.143. The van der Waals surface area contributed by atoms with Gasteiger partial charge in [-0.1, -0.05) is 15.9 Å². The van der Waals surface area contributed by atoms with Gasteiger partial charge in [0.1, 0.15) is 34.0 Å². The minimum Gasteiger partial charge on any atom is -0.466 e. The second-order valence-corrected chi connectivity index (χ2v) is 24.2. The molecule has 0 fully saturated rings. The number of rotatable bonds is 10. The van der Waals surface area contributed by atoms with Crippen LogP contribution in [0.4, 0.5) is 30.8 Å². The van der Waals surface area contributed by atoms with Crippen LogP contribution in [-0.2, 0) is 99.4 Å². The van der Waals surface area contributed by atoms with Gasteiger partial charge in [0.15, 0.2) is 0 Å². The van der Waals surface area contributed by atoms with E-state index in [-0.39, 0.29) is 72.7 Å². The predicted molar refractivity (Wildman–Crippen MR) is 317 cm³/mol. The van der Waals surface area contributed by atoms with E-state index < -0.39 is 46.9 Å². The number of anilines is 2. The average Bonchev–Trinajstić information content (AvgIpc) is 3.22. The third kappa shape index (κ3) is 50.1. The second kappa shape index (κ2) is 42.8. The Labute approximate surface area is 498 Å². The monoisotopic (exact) mass is 1420 g/mol. The molecule has 0 aliphatic carbocycles. The standard InChI is InChI=1S/C14H18BrN3O3.C10H19NO4.C10H18O5.C6H6Br2N2.C5H11NO2.BrH.ClH.S4/c1-14(2,3)21-13(20)17-6-9-4-8-5-10(15)7-16-11(8)18-12(9)19;1-5-14-8(12)6-7-11-9(13)15-10(2,3)4;1-9(2,3)14-7(11)13-8(12)15-10(4,5)6;7-2-4-1-5(8)3-10-6(4)9;1-2-8-5(7)3-4-6;;;1-3-4-2/h5,7,9H,4,6H2,1-3H3,(H,17,20)(H,16,18,19);5-7H2,1-4H3,(H,11,13);1-6H3;1,3H,2H2,(H2,9,10);2-4,6H2,1H3;2*1H;. The number of nitrogens with two attached hydrogens (primary N) is 2. The summed E-state index contributed by atoms with van der Waals surface area (Å²) in [5.74, 6) is 0.148. The lowest BCUT2D eigenvalue weighted by Crippen LogP contribution is -2.41. The van der Waals surface area contributed by atoms with Gasteiger partial charge in [0.2, 0.25) is 5.91 Å². The van der Waals surface area contributed by atoms with Crippen LogP contribution in [0.2, 0.25) is 0 Å². The molecular weight excluding hydrogens is 1350 g/mol. The lowest BCUT2D eigenvalue weighted by atomic mass is 9.95. The van der Waals surface area contributed by atoms with Gasteiger partial charge in [0, 0.05) is 92.0 Å². The minimum atomic E-state index is -1.06. The highest BCUT2D eigenvalue weighted by Crippen LogP contribution is 2.26. The average molecular weight is 1420 g/mol. The number of nitrogens with one attached hydrogen (secondary N) is 3. The summed E-state index contributed by atoms with van der Waals surface area (Å²) < 4.78 is 35.0. The number of aromatic nitrogens is 2. The van der Waals surface area contributed by atoms with E-state index in [1.807, 2.05) is 12.1 Å². The molecule has 2 aromatic rings. The zero-order valence-electron chi connectivity index (χ0n) is 44.6. The van der Waals surface area contributed by atoms with Gasteiger partial charge < -0.3 is 60.6 Å². The van der Waals surface area contributed by atoms with Crippen molar-refractivity contribution in [3.63, 3.8) is 0 Å². The molecule has 30 heteroatoms. The zero-order chi connectivity index (χ0) is 57.2. The van der Waals surface area contributed by atoms with Crippen molar-refractivity contribution in [3.8, 4) is 0 Å². The summed E-state index contributed by atoms with van der Waals surface area (Å²) in [7, 11) is 2.34. The summed E-state index contributed by atoms with van der Waals surface area (Å²) >= 11 is 18.6. The number of alkyl carbamates (subject to hydrolysis) is 2. The van der Waals surface area contributed by atoms with Gasteiger partial charge in [-0.05, 0) is 153 Å². The summed E-state index contributed by atoms with van der Waals surface area (Å²) in [6.07, 6.45) is 1.18. The molecule has 75 heavy (non-hydrogen) atoms. The number of fused-ring (bicyclic) bond motifs is 1. The summed E-state index contributed by atoms with van der Waals surface area (Å²) in [5, 5.41) is 8.58. The van der Waals surface area contributed by atoms with Gasteiger partial charge in [-0.3, -0.25) is 14.4 Å². The van der Waals surface area contributed by atoms with Gasteiger partial charge in [0.05, 0.1) is 32.0 Å². The molecule has 0 bridgehead atoms. The van der Waals surface area contributed by atoms with Gasteiger partial charge in [-0.25, -0.2) is 29.1 Å². The Balaban J connectivity index is -0.000000274. The Morgan fingerprint density at radius 3 is 1.56 bits per heavy atom. The van der Waals surface area contributed by atoms with Crippen LogP contribution < -0.4 is 27.4 Å². The molecule has 1 aliphatic rings. The molecular formula is C45H74Br4ClN7O14S4. The van der Waals surface area contributed by atoms with Crippen LogP contribution in [0.25, 0.3) is 0 Å². The number of pyridine rings is 2. The maximum Gasteiger partial charge on any atom is 0.519 e. The van der Waals surface area contributed by atoms with Crippen molar-refractivity contribution < 1.29 is 66.7 Å². The van der Waals surface area contributed by atoms with E-state index in [9.17, 15) is 33.6 Å². The molecule has 21 nitrogen and oxygen atoms in total. The molecule has 1 atom stereocenters. The highest BCUT2D eigenvalue weighted by atomic mass is 79.9. The van der Waals surface area contributed by atoms with Crippen LogP contribution in [0, 0.1) is 5.92 Å². The van der Waals surface area contributed by atoms with Gasteiger partial charge in [-0.15, -0.1) is 29.4 Å². The quantitative estimate of drug-likeness (QED) is 0.0639. The Morgan fingerprint density at radius 1 is 0.733 bits per heavy atom. The van der Waals surface area contributed by atoms with Crippen LogP contribution in [0.1, 0.15) is 121 Å². The van der Waals surface area contributed by atoms with E-state index >= 15 is 0 Å². The highest BCUT2D eigenvalue weighted by molar-refractivity contribution is 9.10. The largest absolute Gasteiger partial charge is 0.519 e. The van der Waals surface area contributed by atoms with E-state index in [0.29, 0.717) is 44.2 Å². The van der Waals surface area contributed by atoms with Crippen molar-refractivity contribution in [1.29, 1.82) is 0 Å². The van der Waals surface area contributed by atoms with E-state index in [1.54, 1.807) is 109 Å². The number of esters is 2. The van der Waals surface area contributed by atoms with Crippen LogP contribution >= 0.6 is 77.2 Å². The fourth-order valence-corrected chi connectivity index (χ4v) is 5.59. The van der Waals surface area contributed by atoms with Crippen molar-refractivity contribution in [3.05, 3.63) is 44.6 Å². The molecule has 1 unspecified atom stereocenters. The van der Waals surface area contributed by atoms with E-state index in [0.717, 1.165) is 25.4 Å². The zero-order valence-corrected chi connectivity index (χ0v) is 55.2. The number of halogens is 5. The predicted octanol–water partition coefficient (Wildman–Crippen LogP) is 10.0. The third-order valence-electron chi connectivity index (χ3n) is 6.95. The number of hydrogen-bond donors (Lipinski definition) is 5. The summed E-state index contributed by atoms with van der Waals surface area (Å²) in [6.45, 7) is 25.9. The van der Waals surface area contributed by atoms with E-state index in [4.69, 9.17) is 35.2 Å². The smallest absolute Gasteiger partial charge is 0.466 e. The minimum absolute atomic E-state index is 0. The van der Waals surface area contributed by atoms with E-state index in [2.05, 4.69) is 106 Å². The van der Waals surface area contributed by atoms with Crippen molar-refractivity contribution in [2.24, 2.45) is 11.7 Å². The maximum atomic E-state index is 12.0. The fourth-order valence-electron chi connectivity index (χ4n) is 4.39. The normalized spacial score (nSPS) is 12.0. The number of ether oxygens (including phenoxy) is 7. The Hall–Kier alpha value is -3.16. The number of carbonyl (C=O) groups is 7. The van der Waals surface area contributed by atoms with Crippen LogP contribution in [0.5, 0.6) is 0 Å². The first-order valence-electron chi connectivity index (χ1n) is 22.1. The Morgan fingerprint density at radius 2 is 1.16 bits per heavy atom. The first-order chi connectivity index (χ1) is 33.5. The van der Waals surface area contributed by atoms with Crippen LogP contribution in [0.3, 0.4) is 0 Å². The Bertz CT molecular complexity index is 2110. The number of amides is 3. The molecule has 3 rings (SSSR count). The molecule has 0 spiro atoms. The van der Waals surface area contributed by atoms with Crippen molar-refractivity contribution in [2.45, 2.75) is 144 Å². The molecule has 0 aromatic carbocycles. The lowest BCUT2D eigenvalue weighted by Gasteiger charge is -2.25. The van der Waals surface area contributed by atoms with Crippen molar-refractivity contribution in [1.82, 2.24) is 20.6 Å². The van der Waals surface area contributed by atoms with Crippen molar-refractivity contribution in [2.75, 3.05) is 43.9 Å². The summed E-state index contributed by atoms with van der Waals surface area (Å²) in [4.78, 5) is 86.1. The van der Waals surface area contributed by atoms with Gasteiger partial charge in [0.25, 0.3) is 0 Å². The molecule has 2 aromatic heterocycles. The van der Waals surface area contributed by atoms with Crippen molar-refractivity contribution >= 4 is 171 Å². The summed E-state index contributed by atoms with van der Waals surface area (Å²) in [6, 6.07) is 3.86. The molecule has 7 N–H and O–H groups in total. The molecule has 432 valence electrons. The molecule has 0 saturated carbocycles. The molecule has 3 amide bonds. The molecule has 1 aliphatic heterocycles. The van der Waals surface area contributed by atoms with Crippen LogP contribution in [-0.4, -0.2) is 108 Å². The van der Waals surface area contributed by atoms with Gasteiger partial charge in [-0.2, -0.15) is 0 Å². The number of nitrogen functional groups attached to an aromatic ring is 1. The van der Waals surface area contributed by atoms with Gasteiger partial charge >= 0.3 is 36.4 Å². The molecule has 0 saturated heterocycles. The number of carbonyl (C=O) groups excluding carboxylic acids is 7. The maximum absolute atomic E-state index is 12.0. The Kier molecular flexibility index (Phi) is 46.1. The third-order valence-corrected chi connectivity index (χ3v) is 10.6. The highest BCUT2D eigenvalue weighted by Gasteiger charge is 2.28. The van der Waals surface area contributed by atoms with Crippen LogP contribution in [0.15, 0.2) is 33.5 Å². The number of nitrogens with zero attached hydrogens (tertiary/aromatic N) is 2. The van der Waals surface area contributed by atoms with E-state index in [1.165, 1.54) is 17.8 Å². The first-order valence-corrected chi connectivity index (χ1v) is 28.8.